The van der Waals surface area contributed by atoms with E-state index >= 15 is 0 Å². The van der Waals surface area contributed by atoms with E-state index in [0.29, 0.717) is 12.0 Å². The Bertz CT molecular complexity index is 699. The number of hydrogen-bond acceptors (Lipinski definition) is 6. The molecule has 0 spiro atoms. The second-order valence-corrected chi connectivity index (χ2v) is 5.69. The van der Waals surface area contributed by atoms with Crippen molar-refractivity contribution in [2.75, 3.05) is 6.61 Å². The van der Waals surface area contributed by atoms with Gasteiger partial charge in [-0.05, 0) is 12.0 Å². The Morgan fingerprint density at radius 3 is 2.80 bits per heavy atom. The van der Waals surface area contributed by atoms with Crippen molar-refractivity contribution in [2.45, 2.75) is 31.9 Å². The van der Waals surface area contributed by atoms with Crippen LogP contribution in [0.5, 0.6) is 0 Å². The molecule has 1 amide bonds. The number of carbonyl (C=O) groups excluding carboxylic acids is 2. The van der Waals surface area contributed by atoms with Crippen LogP contribution in [0.1, 0.15) is 18.4 Å². The van der Waals surface area contributed by atoms with E-state index in [1.807, 2.05) is 30.3 Å². The molecule has 1 aromatic rings. The third-order valence-corrected chi connectivity index (χ3v) is 4.02. The normalized spacial score (nSPS) is 23.2. The van der Waals surface area contributed by atoms with Gasteiger partial charge >= 0.3 is 6.16 Å². The average Bonchev–Trinajstić information content (AvgIpc) is 2.90. The van der Waals surface area contributed by atoms with Crippen molar-refractivity contribution in [2.24, 2.45) is 0 Å². The average molecular weight is 345 g/mol. The van der Waals surface area contributed by atoms with Crippen LogP contribution >= 0.6 is 0 Å². The van der Waals surface area contributed by atoms with Gasteiger partial charge in [-0.15, -0.1) is 6.58 Å². The van der Waals surface area contributed by atoms with Gasteiger partial charge in [0.25, 0.3) is 0 Å². The monoisotopic (exact) mass is 345 g/mol. The largest absolute Gasteiger partial charge is 0.510 e. The maximum absolute atomic E-state index is 12.0. The molecule has 2 saturated heterocycles. The number of allylic oxidation sites excluding steroid dienone is 1. The van der Waals surface area contributed by atoms with Crippen LogP contribution in [0.25, 0.3) is 0 Å². The fourth-order valence-electron chi connectivity index (χ4n) is 2.74. The van der Waals surface area contributed by atoms with Gasteiger partial charge in [0.05, 0.1) is 13.0 Å². The molecule has 7 heteroatoms. The molecule has 25 heavy (non-hydrogen) atoms. The van der Waals surface area contributed by atoms with Crippen molar-refractivity contribution >= 4 is 12.1 Å². The lowest BCUT2D eigenvalue weighted by Gasteiger charge is -2.33. The molecule has 1 aromatic carbocycles. The number of aliphatic hydroxyl groups is 1. The molecule has 0 radical (unpaired) electrons. The van der Waals surface area contributed by atoms with Gasteiger partial charge in [0.2, 0.25) is 12.1 Å². The smallest absolute Gasteiger partial charge is 0.468 e. The highest BCUT2D eigenvalue weighted by Gasteiger charge is 2.53. The van der Waals surface area contributed by atoms with E-state index in [2.05, 4.69) is 6.58 Å². The van der Waals surface area contributed by atoms with Crippen molar-refractivity contribution in [3.63, 3.8) is 0 Å². The lowest BCUT2D eigenvalue weighted by Crippen LogP contribution is -2.53. The molecule has 2 atom stereocenters. The van der Waals surface area contributed by atoms with Gasteiger partial charge in [0.15, 0.2) is 12.0 Å². The van der Waals surface area contributed by atoms with Crippen molar-refractivity contribution in [1.82, 2.24) is 4.90 Å². The Kier molecular flexibility index (Phi) is 5.04. The van der Waals surface area contributed by atoms with Gasteiger partial charge in [-0.1, -0.05) is 36.4 Å². The van der Waals surface area contributed by atoms with E-state index in [0.717, 1.165) is 5.56 Å². The molecular formula is C18H19NO6. The second kappa shape index (κ2) is 7.40. The minimum Gasteiger partial charge on any atom is -0.468 e. The summed E-state index contributed by atoms with van der Waals surface area (Å²) in [6.45, 7) is 3.40. The fourth-order valence-corrected chi connectivity index (χ4v) is 2.74. The SMILES string of the molecule is C=CC/C(CO)=C1/O[C@@H]2CC(=O)N2C1OC(=O)OCc1ccccc1. The first-order chi connectivity index (χ1) is 12.1. The molecule has 0 saturated carbocycles. The van der Waals surface area contributed by atoms with E-state index < -0.39 is 18.6 Å². The lowest BCUT2D eigenvalue weighted by molar-refractivity contribution is -0.165. The summed E-state index contributed by atoms with van der Waals surface area (Å²) in [7, 11) is 0. The second-order valence-electron chi connectivity index (χ2n) is 5.69. The van der Waals surface area contributed by atoms with Gasteiger partial charge in [-0.2, -0.15) is 0 Å². The van der Waals surface area contributed by atoms with Crippen molar-refractivity contribution in [3.05, 3.63) is 59.9 Å². The number of β-lactam (4-membered cyclic amide) rings is 1. The maximum Gasteiger partial charge on any atom is 0.510 e. The number of hydrogen-bond donors (Lipinski definition) is 1. The minimum atomic E-state index is -1.02. The summed E-state index contributed by atoms with van der Waals surface area (Å²) in [4.78, 5) is 25.2. The zero-order valence-corrected chi connectivity index (χ0v) is 13.6. The Morgan fingerprint density at radius 2 is 2.16 bits per heavy atom. The maximum atomic E-state index is 12.0. The highest BCUT2D eigenvalue weighted by Crippen LogP contribution is 2.39. The van der Waals surface area contributed by atoms with Gasteiger partial charge in [0, 0.05) is 5.57 Å². The molecule has 0 aromatic heterocycles. The summed E-state index contributed by atoms with van der Waals surface area (Å²) >= 11 is 0. The van der Waals surface area contributed by atoms with Crippen LogP contribution in [-0.2, 0) is 25.6 Å². The molecular weight excluding hydrogens is 326 g/mol. The van der Waals surface area contributed by atoms with Crippen LogP contribution in [0.15, 0.2) is 54.3 Å². The quantitative estimate of drug-likeness (QED) is 0.483. The lowest BCUT2D eigenvalue weighted by atomic mass is 10.1. The summed E-state index contributed by atoms with van der Waals surface area (Å²) in [5.41, 5.74) is 1.33. The van der Waals surface area contributed by atoms with Crippen LogP contribution in [-0.4, -0.2) is 41.1 Å². The minimum absolute atomic E-state index is 0.0587. The van der Waals surface area contributed by atoms with Crippen molar-refractivity contribution < 1.29 is 28.9 Å². The molecule has 1 unspecified atom stereocenters. The first-order valence-electron chi connectivity index (χ1n) is 7.93. The summed E-state index contributed by atoms with van der Waals surface area (Å²) in [5, 5.41) is 9.52. The number of amides is 1. The van der Waals surface area contributed by atoms with Crippen molar-refractivity contribution in [1.29, 1.82) is 0 Å². The van der Waals surface area contributed by atoms with Gasteiger partial charge in [-0.3, -0.25) is 9.69 Å². The van der Waals surface area contributed by atoms with Crippen LogP contribution in [0.4, 0.5) is 4.79 Å². The molecule has 3 rings (SSSR count). The number of rotatable bonds is 6. The highest BCUT2D eigenvalue weighted by molar-refractivity contribution is 5.84. The van der Waals surface area contributed by atoms with Crippen LogP contribution in [0.2, 0.25) is 0 Å². The summed E-state index contributed by atoms with van der Waals surface area (Å²) in [5.74, 6) is 0.0895. The van der Waals surface area contributed by atoms with Gasteiger partial charge in [-0.25, -0.2) is 4.79 Å². The van der Waals surface area contributed by atoms with Crippen LogP contribution < -0.4 is 0 Å². The van der Waals surface area contributed by atoms with Crippen LogP contribution in [0, 0.1) is 0 Å². The van der Waals surface area contributed by atoms with E-state index in [-0.39, 0.29) is 31.3 Å². The zero-order valence-electron chi connectivity index (χ0n) is 13.6. The third-order valence-electron chi connectivity index (χ3n) is 4.02. The van der Waals surface area contributed by atoms with Gasteiger partial charge < -0.3 is 19.3 Å². The molecule has 0 bridgehead atoms. The first kappa shape index (κ1) is 17.0. The standard InChI is InChI=1S/C18H19NO6/c1-2-6-13(10-20)16-17(19-14(21)9-15(19)24-16)25-18(22)23-11-12-7-4-3-5-8-12/h2-5,7-8,15,17,20H,1,6,9-11H2/b16-13-/t15-,17?/m1/s1. The predicted molar refractivity (Wildman–Crippen MR) is 86.8 cm³/mol. The van der Waals surface area contributed by atoms with Crippen LogP contribution in [0.3, 0.4) is 0 Å². The Balaban J connectivity index is 1.69. The number of benzene rings is 1. The molecule has 2 aliphatic rings. The van der Waals surface area contributed by atoms with E-state index in [1.54, 1.807) is 6.08 Å². The van der Waals surface area contributed by atoms with Gasteiger partial charge in [0.1, 0.15) is 6.61 Å². The summed E-state index contributed by atoms with van der Waals surface area (Å²) in [6.07, 6.45) is -0.220. The number of ether oxygens (including phenoxy) is 3. The third kappa shape index (κ3) is 3.51. The first-order valence-corrected chi connectivity index (χ1v) is 7.93. The summed E-state index contributed by atoms with van der Waals surface area (Å²) in [6, 6.07) is 9.17. The Hall–Kier alpha value is -2.80. The highest BCUT2D eigenvalue weighted by atomic mass is 16.7. The summed E-state index contributed by atoms with van der Waals surface area (Å²) < 4.78 is 16.0. The predicted octanol–water partition coefficient (Wildman–Crippen LogP) is 2.08. The number of aliphatic hydroxyl groups excluding tert-OH is 1. The topological polar surface area (TPSA) is 85.3 Å². The zero-order chi connectivity index (χ0) is 17.8. The fraction of sp³-hybridized carbons (Fsp3) is 0.333. The number of carbonyl (C=O) groups is 2. The molecule has 2 heterocycles. The number of fused-ring (bicyclic) bond motifs is 1. The van der Waals surface area contributed by atoms with E-state index in [9.17, 15) is 14.7 Å². The molecule has 1 N–H and O–H groups in total. The Labute approximate surface area is 145 Å². The van der Waals surface area contributed by atoms with Crippen molar-refractivity contribution in [3.8, 4) is 0 Å². The molecule has 2 fully saturated rings. The van der Waals surface area contributed by atoms with E-state index in [4.69, 9.17) is 14.2 Å². The molecule has 7 nitrogen and oxygen atoms in total. The van der Waals surface area contributed by atoms with E-state index in [1.165, 1.54) is 4.90 Å². The molecule has 132 valence electrons. The molecule has 2 aliphatic heterocycles. The number of nitrogens with zero attached hydrogens (tertiary/aromatic N) is 1. The molecule has 0 aliphatic carbocycles. The Morgan fingerprint density at radius 1 is 1.40 bits per heavy atom.